The molecule has 4 nitrogen and oxygen atoms in total. The molecular formula is C12H16N4. The summed E-state index contributed by atoms with van der Waals surface area (Å²) < 4.78 is 1.95. The fourth-order valence-electron chi connectivity index (χ4n) is 2.36. The van der Waals surface area contributed by atoms with Crippen molar-refractivity contribution in [1.29, 1.82) is 0 Å². The van der Waals surface area contributed by atoms with Gasteiger partial charge < -0.3 is 11.1 Å². The summed E-state index contributed by atoms with van der Waals surface area (Å²) >= 11 is 0. The van der Waals surface area contributed by atoms with E-state index in [1.54, 1.807) is 0 Å². The van der Waals surface area contributed by atoms with Crippen LogP contribution in [0.15, 0.2) is 24.4 Å². The Labute approximate surface area is 94.5 Å². The first-order valence-electron chi connectivity index (χ1n) is 5.79. The summed E-state index contributed by atoms with van der Waals surface area (Å²) in [5, 5.41) is 3.48. The zero-order valence-corrected chi connectivity index (χ0v) is 9.19. The van der Waals surface area contributed by atoms with E-state index in [1.165, 1.54) is 12.8 Å². The minimum absolute atomic E-state index is 0.589. The second kappa shape index (κ2) is 3.79. The van der Waals surface area contributed by atoms with Gasteiger partial charge in [-0.3, -0.25) is 4.40 Å². The third-order valence-electron chi connectivity index (χ3n) is 3.19. The minimum atomic E-state index is 0.589. The summed E-state index contributed by atoms with van der Waals surface area (Å²) in [7, 11) is 0. The Morgan fingerprint density at radius 2 is 2.44 bits per heavy atom. The molecule has 0 aliphatic carbocycles. The van der Waals surface area contributed by atoms with Crippen molar-refractivity contribution >= 4 is 11.5 Å². The van der Waals surface area contributed by atoms with E-state index in [4.69, 9.17) is 5.73 Å². The maximum absolute atomic E-state index is 5.89. The summed E-state index contributed by atoms with van der Waals surface area (Å²) in [6.45, 7) is 1.14. The van der Waals surface area contributed by atoms with Crippen LogP contribution >= 0.6 is 0 Å². The molecule has 1 aliphatic rings. The molecular weight excluding hydrogens is 200 g/mol. The third-order valence-corrected chi connectivity index (χ3v) is 3.19. The third kappa shape index (κ3) is 1.65. The first-order valence-corrected chi connectivity index (χ1v) is 5.79. The zero-order valence-electron chi connectivity index (χ0n) is 9.19. The first-order chi connectivity index (χ1) is 7.83. The average molecular weight is 216 g/mol. The second-order valence-corrected chi connectivity index (χ2v) is 4.41. The van der Waals surface area contributed by atoms with Crippen LogP contribution in [-0.2, 0) is 6.42 Å². The molecule has 0 amide bonds. The minimum Gasteiger partial charge on any atom is -0.385 e. The fourth-order valence-corrected chi connectivity index (χ4v) is 2.36. The second-order valence-electron chi connectivity index (χ2n) is 4.41. The van der Waals surface area contributed by atoms with Crippen molar-refractivity contribution in [1.82, 2.24) is 14.7 Å². The van der Waals surface area contributed by atoms with E-state index in [0.717, 1.165) is 30.1 Å². The number of hydrogen-bond acceptors (Lipinski definition) is 3. The molecule has 1 unspecified atom stereocenters. The number of rotatable bonds is 2. The van der Waals surface area contributed by atoms with Crippen LogP contribution in [0.5, 0.6) is 0 Å². The van der Waals surface area contributed by atoms with E-state index in [-0.39, 0.29) is 0 Å². The van der Waals surface area contributed by atoms with Crippen LogP contribution in [0.25, 0.3) is 5.65 Å². The van der Waals surface area contributed by atoms with E-state index in [0.29, 0.717) is 6.04 Å². The molecule has 2 aromatic rings. The number of fused-ring (bicyclic) bond motifs is 1. The van der Waals surface area contributed by atoms with Crippen molar-refractivity contribution in [3.8, 4) is 0 Å². The molecule has 2 aromatic heterocycles. The Balaban J connectivity index is 1.90. The van der Waals surface area contributed by atoms with Gasteiger partial charge in [0.15, 0.2) is 0 Å². The molecule has 0 saturated carbocycles. The monoisotopic (exact) mass is 216 g/mol. The molecule has 84 valence electrons. The summed E-state index contributed by atoms with van der Waals surface area (Å²) in [5.41, 5.74) is 7.95. The molecule has 16 heavy (non-hydrogen) atoms. The summed E-state index contributed by atoms with van der Waals surface area (Å²) in [4.78, 5) is 4.58. The molecule has 3 heterocycles. The summed E-state index contributed by atoms with van der Waals surface area (Å²) in [6, 6.07) is 6.41. The van der Waals surface area contributed by atoms with E-state index in [9.17, 15) is 0 Å². The number of nitrogens with two attached hydrogens (primary N) is 1. The molecule has 3 N–H and O–H groups in total. The highest BCUT2D eigenvalue weighted by Crippen LogP contribution is 2.14. The van der Waals surface area contributed by atoms with Crippen molar-refractivity contribution < 1.29 is 0 Å². The zero-order chi connectivity index (χ0) is 11.0. The number of nitrogens with zero attached hydrogens (tertiary/aromatic N) is 2. The van der Waals surface area contributed by atoms with Crippen LogP contribution in [0.1, 0.15) is 18.5 Å². The van der Waals surface area contributed by atoms with Crippen molar-refractivity contribution in [3.63, 3.8) is 0 Å². The Morgan fingerprint density at radius 3 is 3.19 bits per heavy atom. The normalized spacial score (nSPS) is 20.6. The fraction of sp³-hybridized carbons (Fsp3) is 0.417. The lowest BCUT2D eigenvalue weighted by molar-refractivity contribution is 0.597. The number of hydrogen-bond donors (Lipinski definition) is 2. The topological polar surface area (TPSA) is 55.3 Å². The Bertz CT molecular complexity index is 497. The molecule has 0 bridgehead atoms. The predicted octanol–water partition coefficient (Wildman–Crippen LogP) is 1.21. The molecule has 0 radical (unpaired) electrons. The number of nitrogen functional groups attached to an aromatic ring is 1. The largest absolute Gasteiger partial charge is 0.385 e. The predicted molar refractivity (Wildman–Crippen MR) is 64.3 cm³/mol. The number of pyridine rings is 1. The lowest BCUT2D eigenvalue weighted by atomic mass is 10.1. The number of nitrogens with one attached hydrogen (secondary N) is 1. The molecule has 1 atom stereocenters. The Morgan fingerprint density at radius 1 is 1.50 bits per heavy atom. The smallest absolute Gasteiger partial charge is 0.138 e. The molecule has 3 rings (SSSR count). The summed E-state index contributed by atoms with van der Waals surface area (Å²) in [5.74, 6) is 0.746. The number of aromatic nitrogens is 2. The highest BCUT2D eigenvalue weighted by atomic mass is 15.1. The van der Waals surface area contributed by atoms with Gasteiger partial charge in [0.25, 0.3) is 0 Å². The van der Waals surface area contributed by atoms with Gasteiger partial charge in [0.2, 0.25) is 0 Å². The van der Waals surface area contributed by atoms with E-state index >= 15 is 0 Å². The number of imidazole rings is 1. The van der Waals surface area contributed by atoms with Gasteiger partial charge in [-0.15, -0.1) is 0 Å². The van der Waals surface area contributed by atoms with Crippen molar-refractivity contribution in [2.75, 3.05) is 12.3 Å². The Hall–Kier alpha value is -1.55. The SMILES string of the molecule is Nc1cccc2nc(CC3CCCN3)cn12. The summed E-state index contributed by atoms with van der Waals surface area (Å²) in [6.07, 6.45) is 5.58. The van der Waals surface area contributed by atoms with Gasteiger partial charge in [-0.05, 0) is 31.5 Å². The molecule has 1 aliphatic heterocycles. The quantitative estimate of drug-likeness (QED) is 0.793. The lowest BCUT2D eigenvalue weighted by Gasteiger charge is -2.06. The lowest BCUT2D eigenvalue weighted by Crippen LogP contribution is -2.23. The van der Waals surface area contributed by atoms with Gasteiger partial charge in [0.1, 0.15) is 11.5 Å². The van der Waals surface area contributed by atoms with Gasteiger partial charge in [-0.25, -0.2) is 4.98 Å². The maximum atomic E-state index is 5.89. The van der Waals surface area contributed by atoms with E-state index < -0.39 is 0 Å². The Kier molecular flexibility index (Phi) is 2.29. The van der Waals surface area contributed by atoms with Crippen LogP contribution in [-0.4, -0.2) is 22.0 Å². The van der Waals surface area contributed by atoms with Gasteiger partial charge >= 0.3 is 0 Å². The maximum Gasteiger partial charge on any atom is 0.138 e. The van der Waals surface area contributed by atoms with Gasteiger partial charge in [-0.1, -0.05) is 6.07 Å². The molecule has 1 fully saturated rings. The van der Waals surface area contributed by atoms with Gasteiger partial charge in [0.05, 0.1) is 5.69 Å². The highest BCUT2D eigenvalue weighted by Gasteiger charge is 2.16. The van der Waals surface area contributed by atoms with E-state index in [1.807, 2.05) is 28.8 Å². The highest BCUT2D eigenvalue weighted by molar-refractivity contribution is 5.48. The van der Waals surface area contributed by atoms with Crippen LogP contribution in [0, 0.1) is 0 Å². The average Bonchev–Trinajstić information content (AvgIpc) is 2.88. The van der Waals surface area contributed by atoms with Crippen LogP contribution < -0.4 is 11.1 Å². The molecule has 0 aromatic carbocycles. The molecule has 0 spiro atoms. The van der Waals surface area contributed by atoms with Crippen molar-refractivity contribution in [2.24, 2.45) is 0 Å². The van der Waals surface area contributed by atoms with Crippen LogP contribution in [0.2, 0.25) is 0 Å². The van der Waals surface area contributed by atoms with Crippen molar-refractivity contribution in [2.45, 2.75) is 25.3 Å². The number of anilines is 1. The van der Waals surface area contributed by atoms with Gasteiger partial charge in [0, 0.05) is 18.7 Å². The molecule has 4 heteroatoms. The first kappa shape index (κ1) is 9.66. The van der Waals surface area contributed by atoms with Crippen LogP contribution in [0.4, 0.5) is 5.82 Å². The van der Waals surface area contributed by atoms with Crippen molar-refractivity contribution in [3.05, 3.63) is 30.1 Å². The standard InChI is InChI=1S/C12H16N4/c13-11-4-1-5-12-15-10(8-16(11)12)7-9-3-2-6-14-9/h1,4-5,8-9,14H,2-3,6-7,13H2. The molecule has 1 saturated heterocycles. The van der Waals surface area contributed by atoms with Gasteiger partial charge in [-0.2, -0.15) is 0 Å². The van der Waals surface area contributed by atoms with Crippen LogP contribution in [0.3, 0.4) is 0 Å². The van der Waals surface area contributed by atoms with E-state index in [2.05, 4.69) is 10.3 Å².